The highest BCUT2D eigenvalue weighted by Gasteiger charge is 2.40. The molecule has 1 amide bonds. The molecule has 0 bridgehead atoms. The molecular formula is C15H19NO5. The third-order valence-electron chi connectivity index (χ3n) is 3.54. The maximum absolute atomic E-state index is 12.3. The molecule has 2 rings (SSSR count). The van der Waals surface area contributed by atoms with E-state index in [4.69, 9.17) is 9.84 Å². The summed E-state index contributed by atoms with van der Waals surface area (Å²) in [5.74, 6) is -1.51. The lowest BCUT2D eigenvalue weighted by atomic mass is 10.2. The summed E-state index contributed by atoms with van der Waals surface area (Å²) in [5, 5.41) is 18.7. The van der Waals surface area contributed by atoms with Crippen molar-refractivity contribution in [2.75, 3.05) is 6.54 Å². The Morgan fingerprint density at radius 1 is 1.38 bits per heavy atom. The molecule has 0 aromatic heterocycles. The van der Waals surface area contributed by atoms with Crippen molar-refractivity contribution in [3.63, 3.8) is 0 Å². The van der Waals surface area contributed by atoms with Crippen molar-refractivity contribution in [1.82, 2.24) is 4.90 Å². The number of aliphatic carboxylic acids is 1. The van der Waals surface area contributed by atoms with Crippen LogP contribution < -0.4 is 0 Å². The predicted octanol–water partition coefficient (Wildman–Crippen LogP) is 0.638. The zero-order valence-corrected chi connectivity index (χ0v) is 11.8. The number of carboxylic acid groups (broad SMARTS) is 1. The molecule has 1 aliphatic heterocycles. The van der Waals surface area contributed by atoms with Gasteiger partial charge in [0, 0.05) is 13.0 Å². The Kier molecular flexibility index (Phi) is 4.93. The highest BCUT2D eigenvalue weighted by atomic mass is 16.5. The van der Waals surface area contributed by atoms with Crippen LogP contribution in [0.25, 0.3) is 0 Å². The maximum atomic E-state index is 12.3. The number of aliphatic hydroxyl groups is 1. The topological polar surface area (TPSA) is 87.1 Å². The van der Waals surface area contributed by atoms with Gasteiger partial charge in [-0.3, -0.25) is 4.79 Å². The van der Waals surface area contributed by atoms with Gasteiger partial charge in [0.15, 0.2) is 0 Å². The minimum Gasteiger partial charge on any atom is -0.480 e. The minimum atomic E-state index is -1.10. The Bertz CT molecular complexity index is 504. The van der Waals surface area contributed by atoms with Gasteiger partial charge in [0.2, 0.25) is 0 Å². The normalized spacial score (nSPS) is 23.0. The van der Waals surface area contributed by atoms with Gasteiger partial charge in [0.1, 0.15) is 12.1 Å². The average Bonchev–Trinajstić information content (AvgIpc) is 2.87. The summed E-state index contributed by atoms with van der Waals surface area (Å²) < 4.78 is 5.50. The Balaban J connectivity index is 1.94. The smallest absolute Gasteiger partial charge is 0.326 e. The van der Waals surface area contributed by atoms with Crippen molar-refractivity contribution < 1.29 is 24.5 Å². The largest absolute Gasteiger partial charge is 0.480 e. The monoisotopic (exact) mass is 293 g/mol. The highest BCUT2D eigenvalue weighted by Crippen LogP contribution is 2.20. The standard InChI is InChI=1S/C15H19NO5/c1-10(21-9-11-5-3-2-4-6-11)14(18)16-8-12(17)7-13(16)15(19)20/h2-6,10,12-13,17H,7-9H2,1H3,(H,19,20)/t10?,12-,13-/m1/s1. The first-order chi connectivity index (χ1) is 9.99. The lowest BCUT2D eigenvalue weighted by molar-refractivity contribution is -0.153. The van der Waals surface area contributed by atoms with Crippen molar-refractivity contribution in [2.45, 2.75) is 38.2 Å². The van der Waals surface area contributed by atoms with Crippen molar-refractivity contribution in [1.29, 1.82) is 0 Å². The molecule has 0 radical (unpaired) electrons. The van der Waals surface area contributed by atoms with E-state index in [2.05, 4.69) is 0 Å². The zero-order chi connectivity index (χ0) is 15.4. The molecular weight excluding hydrogens is 274 g/mol. The number of ether oxygens (including phenoxy) is 1. The number of amides is 1. The molecule has 3 atom stereocenters. The van der Waals surface area contributed by atoms with Crippen molar-refractivity contribution >= 4 is 11.9 Å². The molecule has 0 saturated carbocycles. The second kappa shape index (κ2) is 6.69. The van der Waals surface area contributed by atoms with Crippen LogP contribution >= 0.6 is 0 Å². The number of benzene rings is 1. The SMILES string of the molecule is CC(OCc1ccccc1)C(=O)N1C[C@H](O)C[C@@H]1C(=O)O. The lowest BCUT2D eigenvalue weighted by Gasteiger charge is -2.24. The molecule has 1 fully saturated rings. The van der Waals surface area contributed by atoms with Crippen molar-refractivity contribution in [3.05, 3.63) is 35.9 Å². The molecule has 1 unspecified atom stereocenters. The number of hydrogen-bond acceptors (Lipinski definition) is 4. The van der Waals surface area contributed by atoms with E-state index < -0.39 is 30.1 Å². The van der Waals surface area contributed by atoms with Gasteiger partial charge >= 0.3 is 5.97 Å². The number of β-amino-alcohol motifs (C(OH)–C–C–N with tert-alkyl or cyclic N) is 1. The summed E-state index contributed by atoms with van der Waals surface area (Å²) in [6.07, 6.45) is -1.49. The third kappa shape index (κ3) is 3.80. The Labute approximate surface area is 122 Å². The van der Waals surface area contributed by atoms with E-state index in [0.29, 0.717) is 0 Å². The molecule has 6 heteroatoms. The number of nitrogens with zero attached hydrogens (tertiary/aromatic N) is 1. The Morgan fingerprint density at radius 3 is 2.67 bits per heavy atom. The van der Waals surface area contributed by atoms with Gasteiger partial charge in [-0.25, -0.2) is 4.79 Å². The van der Waals surface area contributed by atoms with Crippen LogP contribution in [0.1, 0.15) is 18.9 Å². The summed E-state index contributed by atoms with van der Waals surface area (Å²) >= 11 is 0. The molecule has 0 aliphatic carbocycles. The summed E-state index contributed by atoms with van der Waals surface area (Å²) in [6.45, 7) is 1.91. The number of carbonyl (C=O) groups excluding carboxylic acids is 1. The number of carbonyl (C=O) groups is 2. The van der Waals surface area contributed by atoms with Gasteiger partial charge in [0.05, 0.1) is 12.7 Å². The first-order valence-electron chi connectivity index (χ1n) is 6.86. The van der Waals surface area contributed by atoms with Crippen LogP contribution in [-0.4, -0.2) is 51.8 Å². The van der Waals surface area contributed by atoms with Gasteiger partial charge in [-0.15, -0.1) is 0 Å². The second-order valence-electron chi connectivity index (χ2n) is 5.17. The van der Waals surface area contributed by atoms with Crippen molar-refractivity contribution in [3.8, 4) is 0 Å². The fourth-order valence-corrected chi connectivity index (χ4v) is 2.39. The van der Waals surface area contributed by atoms with Crippen LogP contribution in [0.15, 0.2) is 30.3 Å². The first-order valence-corrected chi connectivity index (χ1v) is 6.86. The van der Waals surface area contributed by atoms with Gasteiger partial charge in [-0.1, -0.05) is 30.3 Å². The predicted molar refractivity (Wildman–Crippen MR) is 74.5 cm³/mol. The number of aliphatic hydroxyl groups excluding tert-OH is 1. The van der Waals surface area contributed by atoms with Crippen LogP contribution in [0.2, 0.25) is 0 Å². The van der Waals surface area contributed by atoms with Crippen LogP contribution in [0.5, 0.6) is 0 Å². The quantitative estimate of drug-likeness (QED) is 0.832. The fraction of sp³-hybridized carbons (Fsp3) is 0.467. The van der Waals surface area contributed by atoms with Crippen LogP contribution in [0.4, 0.5) is 0 Å². The summed E-state index contributed by atoms with van der Waals surface area (Å²) in [7, 11) is 0. The molecule has 6 nitrogen and oxygen atoms in total. The van der Waals surface area contributed by atoms with Crippen LogP contribution in [0, 0.1) is 0 Å². The minimum absolute atomic E-state index is 0.0365. The van der Waals surface area contributed by atoms with Crippen molar-refractivity contribution in [2.24, 2.45) is 0 Å². The molecule has 2 N–H and O–H groups in total. The second-order valence-corrected chi connectivity index (χ2v) is 5.17. The molecule has 114 valence electrons. The number of hydrogen-bond donors (Lipinski definition) is 2. The van der Waals surface area contributed by atoms with Gasteiger partial charge < -0.3 is 19.8 Å². The van der Waals surface area contributed by atoms with E-state index in [1.54, 1.807) is 6.92 Å². The molecule has 1 aromatic carbocycles. The summed E-state index contributed by atoms with van der Waals surface area (Å²) in [4.78, 5) is 24.6. The van der Waals surface area contributed by atoms with Crippen LogP contribution in [0.3, 0.4) is 0 Å². The molecule has 1 heterocycles. The van der Waals surface area contributed by atoms with Gasteiger partial charge in [-0.05, 0) is 12.5 Å². The zero-order valence-electron chi connectivity index (χ0n) is 11.8. The highest BCUT2D eigenvalue weighted by molar-refractivity contribution is 5.86. The summed E-state index contributed by atoms with van der Waals surface area (Å²) in [5.41, 5.74) is 0.938. The first kappa shape index (κ1) is 15.5. The molecule has 1 aliphatic rings. The van der Waals surface area contributed by atoms with Gasteiger partial charge in [-0.2, -0.15) is 0 Å². The Hall–Kier alpha value is -1.92. The molecule has 1 aromatic rings. The Morgan fingerprint density at radius 2 is 2.05 bits per heavy atom. The van der Waals surface area contributed by atoms with E-state index in [1.807, 2.05) is 30.3 Å². The van der Waals surface area contributed by atoms with E-state index in [1.165, 1.54) is 4.90 Å². The molecule has 1 saturated heterocycles. The van der Waals surface area contributed by atoms with E-state index >= 15 is 0 Å². The third-order valence-corrected chi connectivity index (χ3v) is 3.54. The maximum Gasteiger partial charge on any atom is 0.326 e. The van der Waals surface area contributed by atoms with E-state index in [0.717, 1.165) is 5.56 Å². The lowest BCUT2D eigenvalue weighted by Crippen LogP contribution is -2.45. The number of rotatable bonds is 5. The molecule has 21 heavy (non-hydrogen) atoms. The number of carboxylic acids is 1. The van der Waals surface area contributed by atoms with E-state index in [9.17, 15) is 14.7 Å². The fourth-order valence-electron chi connectivity index (χ4n) is 2.39. The molecule has 0 spiro atoms. The van der Waals surface area contributed by atoms with E-state index in [-0.39, 0.29) is 19.6 Å². The van der Waals surface area contributed by atoms with Crippen LogP contribution in [-0.2, 0) is 20.9 Å². The van der Waals surface area contributed by atoms with Gasteiger partial charge in [0.25, 0.3) is 5.91 Å². The average molecular weight is 293 g/mol. The summed E-state index contributed by atoms with van der Waals surface area (Å²) in [6, 6.07) is 8.44. The number of likely N-dealkylation sites (tertiary alicyclic amines) is 1.